The first-order chi connectivity index (χ1) is 12.1. The minimum atomic E-state index is -0.336. The maximum atomic E-state index is 12.6. The summed E-state index contributed by atoms with van der Waals surface area (Å²) < 4.78 is 10.4. The van der Waals surface area contributed by atoms with Gasteiger partial charge in [0.15, 0.2) is 0 Å². The molecule has 0 heterocycles. The molecule has 0 saturated heterocycles. The average molecular weight is 342 g/mol. The summed E-state index contributed by atoms with van der Waals surface area (Å²) in [6.07, 6.45) is 1.18. The van der Waals surface area contributed by atoms with Crippen molar-refractivity contribution in [2.24, 2.45) is 0 Å². The second-order valence-corrected chi connectivity index (χ2v) is 5.36. The lowest BCUT2D eigenvalue weighted by Gasteiger charge is -2.14. The number of anilines is 2. The van der Waals surface area contributed by atoms with Gasteiger partial charge in [0.2, 0.25) is 5.91 Å². The van der Waals surface area contributed by atoms with Gasteiger partial charge in [0.05, 0.1) is 31.2 Å². The second-order valence-electron chi connectivity index (χ2n) is 5.36. The normalized spacial score (nSPS) is 10.0. The van der Waals surface area contributed by atoms with E-state index in [1.807, 2.05) is 6.92 Å². The first-order valence-corrected chi connectivity index (χ1v) is 8.01. The fourth-order valence-corrected chi connectivity index (χ4v) is 2.32. The van der Waals surface area contributed by atoms with E-state index in [1.54, 1.807) is 49.6 Å². The third-order valence-electron chi connectivity index (χ3n) is 3.58. The van der Waals surface area contributed by atoms with Crippen molar-refractivity contribution in [3.63, 3.8) is 0 Å². The molecule has 0 aliphatic carbocycles. The molecule has 0 fully saturated rings. The molecule has 0 saturated carbocycles. The van der Waals surface area contributed by atoms with Gasteiger partial charge in [-0.25, -0.2) is 0 Å². The van der Waals surface area contributed by atoms with Crippen molar-refractivity contribution in [3.05, 3.63) is 48.0 Å². The van der Waals surface area contributed by atoms with Crippen LogP contribution in [0.2, 0.25) is 0 Å². The van der Waals surface area contributed by atoms with E-state index in [-0.39, 0.29) is 11.8 Å². The van der Waals surface area contributed by atoms with Crippen LogP contribution in [-0.2, 0) is 4.79 Å². The number of hydrogen-bond acceptors (Lipinski definition) is 4. The SMILES string of the molecule is CCCC(=O)Nc1ccccc1NC(=O)c1ccc(OC)cc1OC. The van der Waals surface area contributed by atoms with Gasteiger partial charge in [0.25, 0.3) is 5.91 Å². The third kappa shape index (κ3) is 4.73. The quantitative estimate of drug-likeness (QED) is 0.804. The summed E-state index contributed by atoms with van der Waals surface area (Å²) >= 11 is 0. The van der Waals surface area contributed by atoms with Crippen molar-refractivity contribution in [3.8, 4) is 11.5 Å². The van der Waals surface area contributed by atoms with Gasteiger partial charge in [-0.15, -0.1) is 0 Å². The molecule has 132 valence electrons. The molecule has 6 heteroatoms. The Morgan fingerprint density at radius 1 is 0.960 bits per heavy atom. The highest BCUT2D eigenvalue weighted by molar-refractivity contribution is 6.08. The summed E-state index contributed by atoms with van der Waals surface area (Å²) in [5, 5.41) is 5.62. The predicted molar refractivity (Wildman–Crippen MR) is 97.5 cm³/mol. The predicted octanol–water partition coefficient (Wildman–Crippen LogP) is 3.69. The van der Waals surface area contributed by atoms with E-state index in [0.717, 1.165) is 6.42 Å². The van der Waals surface area contributed by atoms with Crippen molar-refractivity contribution in [2.75, 3.05) is 24.9 Å². The lowest BCUT2D eigenvalue weighted by molar-refractivity contribution is -0.116. The molecule has 0 aliphatic heterocycles. The number of para-hydroxylation sites is 2. The summed E-state index contributed by atoms with van der Waals surface area (Å²) in [5.41, 5.74) is 1.45. The molecule has 6 nitrogen and oxygen atoms in total. The molecule has 0 unspecified atom stereocenters. The largest absolute Gasteiger partial charge is 0.497 e. The van der Waals surface area contributed by atoms with Gasteiger partial charge in [0.1, 0.15) is 11.5 Å². The molecule has 2 N–H and O–H groups in total. The summed E-state index contributed by atoms with van der Waals surface area (Å²) in [6, 6.07) is 12.0. The van der Waals surface area contributed by atoms with E-state index < -0.39 is 0 Å². The van der Waals surface area contributed by atoms with Gasteiger partial charge in [-0.1, -0.05) is 19.1 Å². The van der Waals surface area contributed by atoms with E-state index in [1.165, 1.54) is 7.11 Å². The molecular weight excluding hydrogens is 320 g/mol. The number of carbonyl (C=O) groups is 2. The highest BCUT2D eigenvalue weighted by atomic mass is 16.5. The number of methoxy groups -OCH3 is 2. The highest BCUT2D eigenvalue weighted by Crippen LogP contribution is 2.27. The number of ether oxygens (including phenoxy) is 2. The van der Waals surface area contributed by atoms with Gasteiger partial charge >= 0.3 is 0 Å². The van der Waals surface area contributed by atoms with Crippen molar-refractivity contribution in [2.45, 2.75) is 19.8 Å². The van der Waals surface area contributed by atoms with Gasteiger partial charge in [-0.2, -0.15) is 0 Å². The minimum Gasteiger partial charge on any atom is -0.497 e. The summed E-state index contributed by atoms with van der Waals surface area (Å²) in [6.45, 7) is 1.93. The topological polar surface area (TPSA) is 76.7 Å². The van der Waals surface area contributed by atoms with Crippen molar-refractivity contribution < 1.29 is 19.1 Å². The van der Waals surface area contributed by atoms with Crippen LogP contribution in [0, 0.1) is 0 Å². The van der Waals surface area contributed by atoms with Gasteiger partial charge < -0.3 is 20.1 Å². The maximum absolute atomic E-state index is 12.6. The van der Waals surface area contributed by atoms with Crippen LogP contribution in [0.5, 0.6) is 11.5 Å². The summed E-state index contributed by atoms with van der Waals surface area (Å²) in [5.74, 6) is 0.577. The Kier molecular flexibility index (Phi) is 6.39. The number of amides is 2. The average Bonchev–Trinajstić information content (AvgIpc) is 2.62. The van der Waals surface area contributed by atoms with Gasteiger partial charge in [-0.05, 0) is 30.7 Å². The van der Waals surface area contributed by atoms with Crippen LogP contribution in [0.3, 0.4) is 0 Å². The van der Waals surface area contributed by atoms with Crippen LogP contribution in [0.15, 0.2) is 42.5 Å². The molecule has 0 aliphatic rings. The zero-order valence-corrected chi connectivity index (χ0v) is 14.6. The van der Waals surface area contributed by atoms with Crippen LogP contribution in [0.25, 0.3) is 0 Å². The highest BCUT2D eigenvalue weighted by Gasteiger charge is 2.15. The molecule has 2 aromatic carbocycles. The van der Waals surface area contributed by atoms with Gasteiger partial charge in [0, 0.05) is 12.5 Å². The third-order valence-corrected chi connectivity index (χ3v) is 3.58. The first-order valence-electron chi connectivity index (χ1n) is 8.01. The lowest BCUT2D eigenvalue weighted by atomic mass is 10.1. The monoisotopic (exact) mass is 342 g/mol. The van der Waals surface area contributed by atoms with Crippen LogP contribution >= 0.6 is 0 Å². The van der Waals surface area contributed by atoms with Crippen LogP contribution < -0.4 is 20.1 Å². The fourth-order valence-electron chi connectivity index (χ4n) is 2.32. The van der Waals surface area contributed by atoms with Crippen LogP contribution in [0.1, 0.15) is 30.1 Å². The molecule has 0 aromatic heterocycles. The standard InChI is InChI=1S/C19H22N2O4/c1-4-7-18(22)20-15-8-5-6-9-16(15)21-19(23)14-11-10-13(24-2)12-17(14)25-3/h5-6,8-12H,4,7H2,1-3H3,(H,20,22)(H,21,23). The lowest BCUT2D eigenvalue weighted by Crippen LogP contribution is -2.17. The number of benzene rings is 2. The van der Waals surface area contributed by atoms with E-state index in [4.69, 9.17) is 9.47 Å². The number of nitrogens with one attached hydrogen (secondary N) is 2. The van der Waals surface area contributed by atoms with Gasteiger partial charge in [-0.3, -0.25) is 9.59 Å². The molecular formula is C19H22N2O4. The maximum Gasteiger partial charge on any atom is 0.259 e. The number of carbonyl (C=O) groups excluding carboxylic acids is 2. The molecule has 2 aromatic rings. The second kappa shape index (κ2) is 8.73. The smallest absolute Gasteiger partial charge is 0.259 e. The molecule has 0 radical (unpaired) electrons. The molecule has 25 heavy (non-hydrogen) atoms. The number of rotatable bonds is 7. The number of hydrogen-bond donors (Lipinski definition) is 2. The van der Waals surface area contributed by atoms with E-state index in [2.05, 4.69) is 10.6 Å². The minimum absolute atomic E-state index is 0.0915. The molecule has 0 bridgehead atoms. The summed E-state index contributed by atoms with van der Waals surface area (Å²) in [7, 11) is 3.04. The molecule has 0 atom stereocenters. The Morgan fingerprint density at radius 2 is 1.64 bits per heavy atom. The Balaban J connectivity index is 2.22. The zero-order chi connectivity index (χ0) is 18.2. The van der Waals surface area contributed by atoms with Crippen molar-refractivity contribution in [1.29, 1.82) is 0 Å². The summed E-state index contributed by atoms with van der Waals surface area (Å²) in [4.78, 5) is 24.4. The van der Waals surface area contributed by atoms with Crippen molar-refractivity contribution >= 4 is 23.2 Å². The molecule has 2 rings (SSSR count). The Hall–Kier alpha value is -3.02. The molecule has 0 spiro atoms. The Bertz CT molecular complexity index is 759. The first kappa shape index (κ1) is 18.3. The van der Waals surface area contributed by atoms with E-state index in [9.17, 15) is 9.59 Å². The van der Waals surface area contributed by atoms with Crippen LogP contribution in [-0.4, -0.2) is 26.0 Å². The van der Waals surface area contributed by atoms with E-state index in [0.29, 0.717) is 34.9 Å². The van der Waals surface area contributed by atoms with Crippen molar-refractivity contribution in [1.82, 2.24) is 0 Å². The van der Waals surface area contributed by atoms with Crippen LogP contribution in [0.4, 0.5) is 11.4 Å². The van der Waals surface area contributed by atoms with E-state index >= 15 is 0 Å². The fraction of sp³-hybridized carbons (Fsp3) is 0.263. The Morgan fingerprint density at radius 3 is 2.24 bits per heavy atom. The zero-order valence-electron chi connectivity index (χ0n) is 14.6. The Labute approximate surface area is 147 Å². The molecule has 2 amide bonds.